The second-order valence-corrected chi connectivity index (χ2v) is 4.75. The molecular formula is C14H11F2NOS. The number of carbonyl (C=O) groups excluding carboxylic acids is 1. The van der Waals surface area contributed by atoms with E-state index < -0.39 is 17.5 Å². The van der Waals surface area contributed by atoms with Gasteiger partial charge in [0.25, 0.3) is 0 Å². The van der Waals surface area contributed by atoms with Crippen molar-refractivity contribution in [2.75, 3.05) is 0 Å². The minimum absolute atomic E-state index is 0.139. The van der Waals surface area contributed by atoms with E-state index in [-0.39, 0.29) is 12.1 Å². The Morgan fingerprint density at radius 2 is 1.95 bits per heavy atom. The highest BCUT2D eigenvalue weighted by molar-refractivity contribution is 7.10. The maximum absolute atomic E-state index is 13.3. The molecule has 0 saturated carbocycles. The van der Waals surface area contributed by atoms with Gasteiger partial charge in [0.2, 0.25) is 5.91 Å². The van der Waals surface area contributed by atoms with Crippen molar-refractivity contribution in [1.82, 2.24) is 5.32 Å². The van der Waals surface area contributed by atoms with E-state index in [0.29, 0.717) is 0 Å². The zero-order valence-electron chi connectivity index (χ0n) is 9.90. The first-order chi connectivity index (χ1) is 9.16. The number of carbonyl (C=O) groups is 1. The molecule has 1 aromatic heterocycles. The van der Waals surface area contributed by atoms with Crippen molar-refractivity contribution in [3.63, 3.8) is 0 Å². The number of benzene rings is 1. The van der Waals surface area contributed by atoms with Crippen LogP contribution in [0.5, 0.6) is 0 Å². The van der Waals surface area contributed by atoms with Crippen LogP contribution < -0.4 is 5.32 Å². The summed E-state index contributed by atoms with van der Waals surface area (Å²) in [7, 11) is 0. The molecule has 19 heavy (non-hydrogen) atoms. The topological polar surface area (TPSA) is 29.1 Å². The van der Waals surface area contributed by atoms with E-state index in [1.54, 1.807) is 6.08 Å². The molecule has 0 aliphatic carbocycles. The van der Waals surface area contributed by atoms with Crippen LogP contribution in [0.2, 0.25) is 0 Å². The quantitative estimate of drug-likeness (QED) is 0.854. The molecule has 98 valence electrons. The standard InChI is InChI=1S/C14H11F2NOS/c15-12-4-1-5-13(16)11(12)9-17-14(18)7-6-10-3-2-8-19-10/h1-8H,9H2,(H,17,18)/b7-6+. The fraction of sp³-hybridized carbons (Fsp3) is 0.0714. The van der Waals surface area contributed by atoms with Crippen molar-refractivity contribution in [3.8, 4) is 0 Å². The summed E-state index contributed by atoms with van der Waals surface area (Å²) < 4.78 is 26.6. The van der Waals surface area contributed by atoms with E-state index in [1.807, 2.05) is 17.5 Å². The molecule has 0 atom stereocenters. The van der Waals surface area contributed by atoms with Gasteiger partial charge >= 0.3 is 0 Å². The Labute approximate surface area is 113 Å². The Kier molecular flexibility index (Phi) is 4.41. The molecule has 2 nitrogen and oxygen atoms in total. The third kappa shape index (κ3) is 3.72. The molecule has 0 saturated heterocycles. The van der Waals surface area contributed by atoms with E-state index in [4.69, 9.17) is 0 Å². The van der Waals surface area contributed by atoms with Gasteiger partial charge in [0, 0.05) is 23.1 Å². The molecule has 0 spiro atoms. The van der Waals surface area contributed by atoms with E-state index >= 15 is 0 Å². The van der Waals surface area contributed by atoms with Gasteiger partial charge in [0.15, 0.2) is 0 Å². The van der Waals surface area contributed by atoms with E-state index in [0.717, 1.165) is 17.0 Å². The fourth-order valence-electron chi connectivity index (χ4n) is 1.48. The van der Waals surface area contributed by atoms with Gasteiger partial charge in [-0.3, -0.25) is 4.79 Å². The largest absolute Gasteiger partial charge is 0.348 e. The van der Waals surface area contributed by atoms with Gasteiger partial charge in [-0.15, -0.1) is 11.3 Å². The van der Waals surface area contributed by atoms with Crippen molar-refractivity contribution < 1.29 is 13.6 Å². The Morgan fingerprint density at radius 3 is 2.58 bits per heavy atom. The highest BCUT2D eigenvalue weighted by atomic mass is 32.1. The molecule has 0 bridgehead atoms. The predicted molar refractivity (Wildman–Crippen MR) is 71.6 cm³/mol. The van der Waals surface area contributed by atoms with Gasteiger partial charge in [-0.25, -0.2) is 8.78 Å². The first-order valence-electron chi connectivity index (χ1n) is 5.59. The lowest BCUT2D eigenvalue weighted by atomic mass is 10.2. The summed E-state index contributed by atoms with van der Waals surface area (Å²) in [6.45, 7) is -0.174. The van der Waals surface area contributed by atoms with Crippen molar-refractivity contribution in [1.29, 1.82) is 0 Å². The average molecular weight is 279 g/mol. The number of hydrogen-bond donors (Lipinski definition) is 1. The lowest BCUT2D eigenvalue weighted by molar-refractivity contribution is -0.116. The van der Waals surface area contributed by atoms with E-state index in [9.17, 15) is 13.6 Å². The SMILES string of the molecule is O=C(/C=C/c1cccs1)NCc1c(F)cccc1F. The van der Waals surface area contributed by atoms with Crippen LogP contribution in [-0.4, -0.2) is 5.91 Å². The Balaban J connectivity index is 1.94. The molecule has 2 aromatic rings. The first kappa shape index (κ1) is 13.4. The Bertz CT molecular complexity index is 573. The molecule has 5 heteroatoms. The van der Waals surface area contributed by atoms with Crippen LogP contribution in [0.15, 0.2) is 41.8 Å². The third-order valence-electron chi connectivity index (χ3n) is 2.44. The number of hydrogen-bond acceptors (Lipinski definition) is 2. The number of amides is 1. The molecule has 0 aliphatic heterocycles. The summed E-state index contributed by atoms with van der Waals surface area (Å²) in [4.78, 5) is 12.4. The highest BCUT2D eigenvalue weighted by Crippen LogP contribution is 2.12. The van der Waals surface area contributed by atoms with Gasteiger partial charge in [0.05, 0.1) is 0 Å². The summed E-state index contributed by atoms with van der Waals surface area (Å²) in [6, 6.07) is 7.34. The maximum atomic E-state index is 13.3. The van der Waals surface area contributed by atoms with Gasteiger partial charge in [0.1, 0.15) is 11.6 Å². The third-order valence-corrected chi connectivity index (χ3v) is 3.28. The zero-order valence-corrected chi connectivity index (χ0v) is 10.7. The monoisotopic (exact) mass is 279 g/mol. The van der Waals surface area contributed by atoms with Crippen molar-refractivity contribution in [2.24, 2.45) is 0 Å². The van der Waals surface area contributed by atoms with Crippen molar-refractivity contribution in [2.45, 2.75) is 6.54 Å². The number of thiophene rings is 1. The normalized spacial score (nSPS) is 10.8. The molecule has 1 heterocycles. The Morgan fingerprint density at radius 1 is 1.21 bits per heavy atom. The van der Waals surface area contributed by atoms with Crippen LogP contribution in [0, 0.1) is 11.6 Å². The van der Waals surface area contributed by atoms with E-state index in [1.165, 1.54) is 23.5 Å². The van der Waals surface area contributed by atoms with E-state index in [2.05, 4.69) is 5.32 Å². The molecular weight excluding hydrogens is 268 g/mol. The maximum Gasteiger partial charge on any atom is 0.244 e. The van der Waals surface area contributed by atoms with Crippen LogP contribution in [-0.2, 0) is 11.3 Å². The van der Waals surface area contributed by atoms with Crippen LogP contribution in [0.3, 0.4) is 0 Å². The molecule has 1 amide bonds. The summed E-state index contributed by atoms with van der Waals surface area (Å²) in [5, 5.41) is 4.34. The number of nitrogens with one attached hydrogen (secondary N) is 1. The molecule has 0 radical (unpaired) electrons. The summed E-state index contributed by atoms with van der Waals surface area (Å²) in [5.41, 5.74) is -0.139. The van der Waals surface area contributed by atoms with Gasteiger partial charge in [-0.1, -0.05) is 12.1 Å². The average Bonchev–Trinajstić information content (AvgIpc) is 2.89. The zero-order chi connectivity index (χ0) is 13.7. The number of halogens is 2. The van der Waals surface area contributed by atoms with Gasteiger partial charge < -0.3 is 5.32 Å². The molecule has 0 aliphatic rings. The van der Waals surface area contributed by atoms with Crippen molar-refractivity contribution >= 4 is 23.3 Å². The number of rotatable bonds is 4. The first-order valence-corrected chi connectivity index (χ1v) is 6.47. The van der Waals surface area contributed by atoms with Crippen LogP contribution in [0.25, 0.3) is 6.08 Å². The second-order valence-electron chi connectivity index (χ2n) is 3.77. The minimum Gasteiger partial charge on any atom is -0.348 e. The molecule has 2 rings (SSSR count). The lowest BCUT2D eigenvalue weighted by Gasteiger charge is -2.05. The minimum atomic E-state index is -0.664. The second kappa shape index (κ2) is 6.24. The molecule has 0 unspecified atom stereocenters. The summed E-state index contributed by atoms with van der Waals surface area (Å²) >= 11 is 1.50. The lowest BCUT2D eigenvalue weighted by Crippen LogP contribution is -2.21. The van der Waals surface area contributed by atoms with Crippen LogP contribution >= 0.6 is 11.3 Å². The van der Waals surface area contributed by atoms with Gasteiger partial charge in [-0.05, 0) is 29.7 Å². The Hall–Kier alpha value is -2.01. The van der Waals surface area contributed by atoms with Crippen LogP contribution in [0.1, 0.15) is 10.4 Å². The summed E-state index contributed by atoms with van der Waals surface area (Å²) in [6.07, 6.45) is 2.99. The van der Waals surface area contributed by atoms with Crippen molar-refractivity contribution in [3.05, 3.63) is 63.9 Å². The van der Waals surface area contributed by atoms with Crippen LogP contribution in [0.4, 0.5) is 8.78 Å². The highest BCUT2D eigenvalue weighted by Gasteiger charge is 2.08. The smallest absolute Gasteiger partial charge is 0.244 e. The fourth-order valence-corrected chi connectivity index (χ4v) is 2.10. The van der Waals surface area contributed by atoms with Gasteiger partial charge in [-0.2, -0.15) is 0 Å². The summed E-state index contributed by atoms with van der Waals surface area (Å²) in [5.74, 6) is -1.72. The molecule has 1 aromatic carbocycles. The molecule has 1 N–H and O–H groups in total. The molecule has 0 fully saturated rings. The predicted octanol–water partition coefficient (Wildman–Crippen LogP) is 3.36.